The average molecular weight is 409 g/mol. The third-order valence-corrected chi connectivity index (χ3v) is 4.96. The number of carbonyl (C=O) groups excluding carboxylic acids is 1. The molecule has 3 rings (SSSR count). The molecule has 0 spiro atoms. The van der Waals surface area contributed by atoms with Crippen LogP contribution in [-0.4, -0.2) is 48.4 Å². The molecule has 0 atom stereocenters. The Morgan fingerprint density at radius 1 is 0.931 bits per heavy atom. The minimum absolute atomic E-state index is 0.180. The normalized spacial score (nSPS) is 16.0. The molecule has 1 heterocycles. The van der Waals surface area contributed by atoms with Crippen molar-refractivity contribution >= 4 is 11.6 Å². The summed E-state index contributed by atoms with van der Waals surface area (Å²) in [7, 11) is 0. The third-order valence-electron chi connectivity index (χ3n) is 4.96. The molecule has 2 aromatic rings. The highest BCUT2D eigenvalue weighted by Gasteiger charge is 2.30. The maximum absolute atomic E-state index is 13.6. The first-order chi connectivity index (χ1) is 13.8. The van der Waals surface area contributed by atoms with Gasteiger partial charge in [-0.25, -0.2) is 4.39 Å². The molecule has 1 aliphatic heterocycles. The third kappa shape index (κ3) is 6.27. The first-order valence-corrected chi connectivity index (χ1v) is 9.46. The molecular weight excluding hydrogens is 386 g/mol. The first kappa shape index (κ1) is 21.3. The van der Waals surface area contributed by atoms with Crippen molar-refractivity contribution in [3.05, 3.63) is 65.5 Å². The second kappa shape index (κ2) is 9.37. The van der Waals surface area contributed by atoms with E-state index in [1.807, 2.05) is 0 Å². The number of nitrogens with one attached hydrogen (secondary N) is 1. The molecule has 0 aromatic heterocycles. The molecule has 156 valence electrons. The van der Waals surface area contributed by atoms with Crippen LogP contribution in [0.25, 0.3) is 0 Å². The number of hydrogen-bond donors (Lipinski definition) is 1. The number of benzene rings is 2. The van der Waals surface area contributed by atoms with Crippen LogP contribution in [0.15, 0.2) is 48.5 Å². The van der Waals surface area contributed by atoms with E-state index < -0.39 is 17.6 Å². The van der Waals surface area contributed by atoms with Gasteiger partial charge in [0.2, 0.25) is 5.91 Å². The van der Waals surface area contributed by atoms with E-state index in [0.717, 1.165) is 43.9 Å². The smallest absolute Gasteiger partial charge is 0.324 e. The SMILES string of the molecule is O=C(CCN1CCN(Cc2ccc(C(F)(F)F)cc2)CC1)Nc1ccccc1F. The molecule has 0 radical (unpaired) electrons. The average Bonchev–Trinajstić information content (AvgIpc) is 2.69. The Balaban J connectivity index is 1.39. The molecule has 0 aliphatic carbocycles. The molecule has 4 nitrogen and oxygen atoms in total. The Morgan fingerprint density at radius 2 is 1.55 bits per heavy atom. The number of alkyl halides is 3. The summed E-state index contributed by atoms with van der Waals surface area (Å²) in [5.74, 6) is -0.694. The molecule has 2 aromatic carbocycles. The van der Waals surface area contributed by atoms with Gasteiger partial charge in [-0.3, -0.25) is 9.69 Å². The predicted molar refractivity (Wildman–Crippen MR) is 103 cm³/mol. The molecular formula is C21H23F4N3O. The number of amides is 1. The summed E-state index contributed by atoms with van der Waals surface area (Å²) < 4.78 is 51.4. The van der Waals surface area contributed by atoms with Crippen molar-refractivity contribution in [2.75, 3.05) is 38.0 Å². The number of anilines is 1. The van der Waals surface area contributed by atoms with Crippen molar-refractivity contribution in [2.45, 2.75) is 19.1 Å². The van der Waals surface area contributed by atoms with Gasteiger partial charge < -0.3 is 10.2 Å². The fourth-order valence-corrected chi connectivity index (χ4v) is 3.26. The van der Waals surface area contributed by atoms with E-state index in [4.69, 9.17) is 0 Å². The first-order valence-electron chi connectivity index (χ1n) is 9.46. The van der Waals surface area contributed by atoms with Crippen molar-refractivity contribution < 1.29 is 22.4 Å². The standard InChI is InChI=1S/C21H23F4N3O/c22-18-3-1-2-4-19(18)26-20(29)9-10-27-11-13-28(14-12-27)15-16-5-7-17(8-6-16)21(23,24)25/h1-8H,9-15H2,(H,26,29). The lowest BCUT2D eigenvalue weighted by Gasteiger charge is -2.34. The number of nitrogens with zero attached hydrogens (tertiary/aromatic N) is 2. The van der Waals surface area contributed by atoms with Crippen LogP contribution in [0.2, 0.25) is 0 Å². The van der Waals surface area contributed by atoms with Crippen LogP contribution in [0.3, 0.4) is 0 Å². The van der Waals surface area contributed by atoms with Gasteiger partial charge in [0.25, 0.3) is 0 Å². The van der Waals surface area contributed by atoms with Crippen molar-refractivity contribution in [3.63, 3.8) is 0 Å². The second-order valence-corrected chi connectivity index (χ2v) is 7.09. The maximum atomic E-state index is 13.6. The highest BCUT2D eigenvalue weighted by atomic mass is 19.4. The summed E-state index contributed by atoms with van der Waals surface area (Å²) in [5.41, 5.74) is 0.384. The minimum atomic E-state index is -4.32. The molecule has 0 saturated carbocycles. The topological polar surface area (TPSA) is 35.6 Å². The summed E-state index contributed by atoms with van der Waals surface area (Å²) in [6, 6.07) is 11.3. The Bertz CT molecular complexity index is 815. The Labute approximate surface area is 167 Å². The molecule has 8 heteroatoms. The van der Waals surface area contributed by atoms with Crippen molar-refractivity contribution in [1.29, 1.82) is 0 Å². The summed E-state index contributed by atoms with van der Waals surface area (Å²) in [5, 5.41) is 2.58. The van der Waals surface area contributed by atoms with E-state index in [1.54, 1.807) is 12.1 Å². The van der Waals surface area contributed by atoms with Crippen LogP contribution in [-0.2, 0) is 17.5 Å². The van der Waals surface area contributed by atoms with Gasteiger partial charge in [-0.15, -0.1) is 0 Å². The van der Waals surface area contributed by atoms with E-state index in [1.165, 1.54) is 24.3 Å². The second-order valence-electron chi connectivity index (χ2n) is 7.09. The lowest BCUT2D eigenvalue weighted by Crippen LogP contribution is -2.46. The van der Waals surface area contributed by atoms with Crippen LogP contribution in [0.1, 0.15) is 17.5 Å². The summed E-state index contributed by atoms with van der Waals surface area (Å²) in [6.45, 7) is 4.27. The summed E-state index contributed by atoms with van der Waals surface area (Å²) >= 11 is 0. The molecule has 29 heavy (non-hydrogen) atoms. The minimum Gasteiger partial charge on any atom is -0.324 e. The number of rotatable bonds is 6. The van der Waals surface area contributed by atoms with Crippen LogP contribution < -0.4 is 5.32 Å². The van der Waals surface area contributed by atoms with E-state index in [2.05, 4.69) is 15.1 Å². The van der Waals surface area contributed by atoms with Gasteiger partial charge in [-0.2, -0.15) is 13.2 Å². The number of piperazine rings is 1. The van der Waals surface area contributed by atoms with E-state index in [0.29, 0.717) is 13.1 Å². The maximum Gasteiger partial charge on any atom is 0.416 e. The van der Waals surface area contributed by atoms with Crippen LogP contribution in [0, 0.1) is 5.82 Å². The predicted octanol–water partition coefficient (Wildman–Crippen LogP) is 3.99. The monoisotopic (exact) mass is 409 g/mol. The Kier molecular flexibility index (Phi) is 6.87. The molecule has 0 bridgehead atoms. The number of halogens is 4. The van der Waals surface area contributed by atoms with Crippen LogP contribution in [0.5, 0.6) is 0 Å². The molecule has 0 unspecified atom stereocenters. The van der Waals surface area contributed by atoms with E-state index >= 15 is 0 Å². The van der Waals surface area contributed by atoms with Crippen LogP contribution in [0.4, 0.5) is 23.2 Å². The largest absolute Gasteiger partial charge is 0.416 e. The quantitative estimate of drug-likeness (QED) is 0.733. The van der Waals surface area contributed by atoms with Gasteiger partial charge in [0.1, 0.15) is 5.82 Å². The highest BCUT2D eigenvalue weighted by Crippen LogP contribution is 2.29. The summed E-state index contributed by atoms with van der Waals surface area (Å²) in [4.78, 5) is 16.4. The zero-order chi connectivity index (χ0) is 20.9. The van der Waals surface area contributed by atoms with E-state index in [-0.39, 0.29) is 18.0 Å². The van der Waals surface area contributed by atoms with Gasteiger partial charge in [0.05, 0.1) is 11.3 Å². The van der Waals surface area contributed by atoms with Crippen LogP contribution >= 0.6 is 0 Å². The van der Waals surface area contributed by atoms with Gasteiger partial charge in [0.15, 0.2) is 0 Å². The lowest BCUT2D eigenvalue weighted by atomic mass is 10.1. The molecule has 1 saturated heterocycles. The van der Waals surface area contributed by atoms with Gasteiger partial charge in [0, 0.05) is 45.7 Å². The number of hydrogen-bond acceptors (Lipinski definition) is 3. The molecule has 1 amide bonds. The number of para-hydroxylation sites is 1. The van der Waals surface area contributed by atoms with Crippen molar-refractivity contribution in [1.82, 2.24) is 9.80 Å². The highest BCUT2D eigenvalue weighted by molar-refractivity contribution is 5.90. The zero-order valence-electron chi connectivity index (χ0n) is 15.9. The Hall–Kier alpha value is -2.45. The van der Waals surface area contributed by atoms with E-state index in [9.17, 15) is 22.4 Å². The van der Waals surface area contributed by atoms with Crippen molar-refractivity contribution in [2.24, 2.45) is 0 Å². The lowest BCUT2D eigenvalue weighted by molar-refractivity contribution is -0.137. The van der Waals surface area contributed by atoms with Gasteiger partial charge in [-0.1, -0.05) is 24.3 Å². The zero-order valence-corrected chi connectivity index (χ0v) is 15.9. The van der Waals surface area contributed by atoms with Crippen molar-refractivity contribution in [3.8, 4) is 0 Å². The molecule has 1 fully saturated rings. The molecule has 1 N–H and O–H groups in total. The van der Waals surface area contributed by atoms with Gasteiger partial charge >= 0.3 is 6.18 Å². The summed E-state index contributed by atoms with van der Waals surface area (Å²) in [6.07, 6.45) is -4.05. The fraction of sp³-hybridized carbons (Fsp3) is 0.381. The number of carbonyl (C=O) groups is 1. The fourth-order valence-electron chi connectivity index (χ4n) is 3.26. The Morgan fingerprint density at radius 3 is 2.17 bits per heavy atom. The molecule has 1 aliphatic rings. The van der Waals surface area contributed by atoms with Gasteiger partial charge in [-0.05, 0) is 29.8 Å².